The summed E-state index contributed by atoms with van der Waals surface area (Å²) in [4.78, 5) is 26.9. The summed E-state index contributed by atoms with van der Waals surface area (Å²) in [6.45, 7) is 5.45. The number of likely N-dealkylation sites (N-methyl/N-ethyl adjacent to an activating group) is 1. The van der Waals surface area contributed by atoms with Crippen molar-refractivity contribution in [1.29, 1.82) is 0 Å². The van der Waals surface area contributed by atoms with E-state index in [2.05, 4.69) is 5.32 Å². The minimum atomic E-state index is -3.63. The molecule has 0 saturated heterocycles. The van der Waals surface area contributed by atoms with Crippen LogP contribution in [0.4, 0.5) is 10.1 Å². The molecule has 1 N–H and O–H groups in total. The zero-order valence-electron chi connectivity index (χ0n) is 19.8. The topological polar surface area (TPSA) is 86.8 Å². The van der Waals surface area contributed by atoms with E-state index in [0.29, 0.717) is 28.4 Å². The molecule has 0 aromatic heterocycles. The smallest absolute Gasteiger partial charge is 0.242 e. The van der Waals surface area contributed by atoms with Gasteiger partial charge in [0.25, 0.3) is 0 Å². The second kappa shape index (κ2) is 12.2. The highest BCUT2D eigenvalue weighted by Gasteiger charge is 2.27. The van der Waals surface area contributed by atoms with Crippen molar-refractivity contribution < 1.29 is 22.4 Å². The Bertz CT molecular complexity index is 1130. The zero-order valence-corrected chi connectivity index (χ0v) is 21.4. The molecule has 0 saturated carbocycles. The molecule has 34 heavy (non-hydrogen) atoms. The van der Waals surface area contributed by atoms with Crippen molar-refractivity contribution in [3.8, 4) is 0 Å². The van der Waals surface area contributed by atoms with E-state index in [4.69, 9.17) is 11.6 Å². The molecule has 2 amide bonds. The second-order valence-electron chi connectivity index (χ2n) is 8.01. The minimum Gasteiger partial charge on any atom is -0.355 e. The SMILES string of the molecule is CCNC(=O)[C@H](C)N(Cc1ccccc1F)C(=O)CCCN(c1cccc(Cl)c1C)S(C)(=O)=O. The van der Waals surface area contributed by atoms with Crippen LogP contribution in [0.5, 0.6) is 0 Å². The number of carbonyl (C=O) groups excluding carboxylic acids is 2. The Balaban J connectivity index is 2.20. The number of carbonyl (C=O) groups is 2. The van der Waals surface area contributed by atoms with Gasteiger partial charge in [0.15, 0.2) is 0 Å². The highest BCUT2D eigenvalue weighted by atomic mass is 35.5. The van der Waals surface area contributed by atoms with Crippen molar-refractivity contribution >= 4 is 39.1 Å². The molecule has 0 aliphatic carbocycles. The van der Waals surface area contributed by atoms with Gasteiger partial charge in [0.1, 0.15) is 11.9 Å². The van der Waals surface area contributed by atoms with Gasteiger partial charge in [-0.3, -0.25) is 13.9 Å². The molecule has 0 aliphatic heterocycles. The lowest BCUT2D eigenvalue weighted by molar-refractivity contribution is -0.140. The molecule has 10 heteroatoms. The van der Waals surface area contributed by atoms with E-state index in [1.807, 2.05) is 0 Å². The van der Waals surface area contributed by atoms with Gasteiger partial charge in [-0.2, -0.15) is 0 Å². The van der Waals surface area contributed by atoms with Crippen LogP contribution < -0.4 is 9.62 Å². The Morgan fingerprint density at radius 1 is 1.15 bits per heavy atom. The fraction of sp³-hybridized carbons (Fsp3) is 0.417. The number of sulfonamides is 1. The molecular weight excluding hydrogens is 481 g/mol. The van der Waals surface area contributed by atoms with E-state index in [-0.39, 0.29) is 37.7 Å². The third-order valence-corrected chi connectivity index (χ3v) is 7.07. The summed E-state index contributed by atoms with van der Waals surface area (Å²) in [5.41, 5.74) is 1.35. The molecule has 0 unspecified atom stereocenters. The Kier molecular flexibility index (Phi) is 9.88. The summed E-state index contributed by atoms with van der Waals surface area (Å²) < 4.78 is 40.4. The zero-order chi connectivity index (χ0) is 25.5. The maximum absolute atomic E-state index is 14.3. The first kappa shape index (κ1) is 27.6. The number of anilines is 1. The predicted octanol–water partition coefficient (Wildman–Crippen LogP) is 3.89. The van der Waals surface area contributed by atoms with Gasteiger partial charge >= 0.3 is 0 Å². The molecule has 0 fully saturated rings. The van der Waals surface area contributed by atoms with Crippen molar-refractivity contribution in [1.82, 2.24) is 10.2 Å². The van der Waals surface area contributed by atoms with Gasteiger partial charge in [0, 0.05) is 36.6 Å². The van der Waals surface area contributed by atoms with Gasteiger partial charge in [-0.15, -0.1) is 0 Å². The van der Waals surface area contributed by atoms with Crippen LogP contribution >= 0.6 is 11.6 Å². The Morgan fingerprint density at radius 2 is 1.82 bits per heavy atom. The molecular formula is C24H31ClFN3O4S. The monoisotopic (exact) mass is 511 g/mol. The van der Waals surface area contributed by atoms with Crippen LogP contribution in [0.3, 0.4) is 0 Å². The molecule has 0 bridgehead atoms. The molecule has 186 valence electrons. The van der Waals surface area contributed by atoms with E-state index >= 15 is 0 Å². The molecule has 2 rings (SSSR count). The lowest BCUT2D eigenvalue weighted by Crippen LogP contribution is -2.47. The Morgan fingerprint density at radius 3 is 2.44 bits per heavy atom. The van der Waals surface area contributed by atoms with E-state index < -0.39 is 21.9 Å². The number of rotatable bonds is 11. The molecule has 7 nitrogen and oxygen atoms in total. The normalized spacial score (nSPS) is 12.2. The molecule has 0 heterocycles. The second-order valence-corrected chi connectivity index (χ2v) is 10.3. The van der Waals surface area contributed by atoms with Crippen LogP contribution in [-0.4, -0.2) is 50.5 Å². The summed E-state index contributed by atoms with van der Waals surface area (Å²) in [7, 11) is -3.63. The average molecular weight is 512 g/mol. The lowest BCUT2D eigenvalue weighted by Gasteiger charge is -2.29. The fourth-order valence-electron chi connectivity index (χ4n) is 3.56. The number of benzene rings is 2. The Hall–Kier alpha value is -2.65. The average Bonchev–Trinajstić information content (AvgIpc) is 2.77. The van der Waals surface area contributed by atoms with Gasteiger partial charge in [-0.1, -0.05) is 35.9 Å². The Labute approximate surface area is 205 Å². The van der Waals surface area contributed by atoms with Gasteiger partial charge < -0.3 is 10.2 Å². The number of nitrogens with one attached hydrogen (secondary N) is 1. The van der Waals surface area contributed by atoms with Crippen molar-refractivity contribution in [3.63, 3.8) is 0 Å². The predicted molar refractivity (Wildman–Crippen MR) is 133 cm³/mol. The van der Waals surface area contributed by atoms with E-state index in [1.54, 1.807) is 57.2 Å². The van der Waals surface area contributed by atoms with Crippen molar-refractivity contribution in [2.24, 2.45) is 0 Å². The molecule has 0 spiro atoms. The van der Waals surface area contributed by atoms with Crippen LogP contribution in [-0.2, 0) is 26.2 Å². The quantitative estimate of drug-likeness (QED) is 0.496. The number of hydrogen-bond acceptors (Lipinski definition) is 4. The molecule has 2 aromatic rings. The maximum atomic E-state index is 14.3. The third kappa shape index (κ3) is 7.17. The highest BCUT2D eigenvalue weighted by molar-refractivity contribution is 7.92. The summed E-state index contributed by atoms with van der Waals surface area (Å²) >= 11 is 6.16. The summed E-state index contributed by atoms with van der Waals surface area (Å²) in [5.74, 6) is -1.19. The lowest BCUT2D eigenvalue weighted by atomic mass is 10.1. The fourth-order valence-corrected chi connectivity index (χ4v) is 4.75. The number of hydrogen-bond donors (Lipinski definition) is 1. The van der Waals surface area contributed by atoms with Crippen LogP contribution in [0.15, 0.2) is 42.5 Å². The van der Waals surface area contributed by atoms with Gasteiger partial charge in [0.05, 0.1) is 11.9 Å². The molecule has 0 aliphatic rings. The highest BCUT2D eigenvalue weighted by Crippen LogP contribution is 2.28. The largest absolute Gasteiger partial charge is 0.355 e. The standard InChI is InChI=1S/C24H31ClFN3O4S/c1-5-27-24(31)18(3)28(16-19-10-6-7-12-21(19)26)23(30)14-9-15-29(34(4,32)33)22-13-8-11-20(25)17(22)2/h6-8,10-13,18H,5,9,14-16H2,1-4H3,(H,27,31)/t18-/m0/s1. The van der Waals surface area contributed by atoms with E-state index in [9.17, 15) is 22.4 Å². The van der Waals surface area contributed by atoms with Crippen LogP contribution in [0, 0.1) is 12.7 Å². The first-order chi connectivity index (χ1) is 16.0. The first-order valence-electron chi connectivity index (χ1n) is 11.0. The van der Waals surface area contributed by atoms with Gasteiger partial charge in [0.2, 0.25) is 21.8 Å². The van der Waals surface area contributed by atoms with Crippen molar-refractivity contribution in [2.75, 3.05) is 23.7 Å². The van der Waals surface area contributed by atoms with Crippen LogP contribution in [0.25, 0.3) is 0 Å². The van der Waals surface area contributed by atoms with Gasteiger partial charge in [-0.25, -0.2) is 12.8 Å². The van der Waals surface area contributed by atoms with Crippen LogP contribution in [0.1, 0.15) is 37.8 Å². The summed E-state index contributed by atoms with van der Waals surface area (Å²) in [5, 5.41) is 3.12. The third-order valence-electron chi connectivity index (χ3n) is 5.48. The minimum absolute atomic E-state index is 0.0240. The number of nitrogens with zero attached hydrogens (tertiary/aromatic N) is 2. The molecule has 1 atom stereocenters. The maximum Gasteiger partial charge on any atom is 0.242 e. The van der Waals surface area contributed by atoms with E-state index in [1.165, 1.54) is 15.3 Å². The first-order valence-corrected chi connectivity index (χ1v) is 13.2. The van der Waals surface area contributed by atoms with Gasteiger partial charge in [-0.05, 0) is 51.0 Å². The number of halogens is 2. The molecule has 0 radical (unpaired) electrons. The van der Waals surface area contributed by atoms with Crippen molar-refractivity contribution in [3.05, 3.63) is 64.4 Å². The van der Waals surface area contributed by atoms with Crippen LogP contribution in [0.2, 0.25) is 5.02 Å². The summed E-state index contributed by atoms with van der Waals surface area (Å²) in [6, 6.07) is 10.2. The number of amides is 2. The molecule has 2 aromatic carbocycles. The summed E-state index contributed by atoms with van der Waals surface area (Å²) in [6.07, 6.45) is 1.27. The van der Waals surface area contributed by atoms with E-state index in [0.717, 1.165) is 6.26 Å². The van der Waals surface area contributed by atoms with Crippen molar-refractivity contribution in [2.45, 2.75) is 46.2 Å².